The minimum absolute atomic E-state index is 0.111. The van der Waals surface area contributed by atoms with Gasteiger partial charge in [0.05, 0.1) is 10.9 Å². The minimum Gasteiger partial charge on any atom is -0.349 e. The number of carbonyl (C=O) groups excluding carboxylic acids is 1. The maximum absolute atomic E-state index is 12.8. The third kappa shape index (κ3) is 3.26. The predicted molar refractivity (Wildman–Crippen MR) is 116 cm³/mol. The average molecular weight is 401 g/mol. The fraction of sp³-hybridized carbons (Fsp3) is 0.304. The summed E-state index contributed by atoms with van der Waals surface area (Å²) in [7, 11) is 0. The van der Waals surface area contributed by atoms with Crippen LogP contribution in [0.5, 0.6) is 0 Å². The Kier molecular flexibility index (Phi) is 4.58. The summed E-state index contributed by atoms with van der Waals surface area (Å²) in [4.78, 5) is 29.7. The molecule has 2 aromatic heterocycles. The number of benzene rings is 2. The third-order valence-corrected chi connectivity index (χ3v) is 5.89. The lowest BCUT2D eigenvalue weighted by atomic mass is 9.95. The molecule has 0 radical (unpaired) electrons. The Labute approximate surface area is 173 Å². The van der Waals surface area contributed by atoms with Crippen LogP contribution >= 0.6 is 0 Å². The first-order valence-corrected chi connectivity index (χ1v) is 10.4. The number of aryl methyl sites for hydroxylation is 1. The summed E-state index contributed by atoms with van der Waals surface area (Å²) < 4.78 is 1.67. The Morgan fingerprint density at radius 3 is 2.63 bits per heavy atom. The maximum Gasteiger partial charge on any atom is 0.281 e. The molecule has 1 saturated carbocycles. The molecule has 1 aliphatic rings. The van der Waals surface area contributed by atoms with Gasteiger partial charge < -0.3 is 5.32 Å². The van der Waals surface area contributed by atoms with Crippen LogP contribution in [-0.2, 0) is 0 Å². The largest absolute Gasteiger partial charge is 0.349 e. The van der Waals surface area contributed by atoms with Gasteiger partial charge in [0.2, 0.25) is 0 Å². The standard InChI is InChI=1S/C23H23N5O2/c1-14-7-9-15(10-8-14)20-21-25-23(30)18-12-11-16(13-19(18)28(21)27-26-20)22(29)24-17-5-3-2-4-6-17/h7-13,17,27H,2-6H2,1H3,(H,24,29). The molecule has 7 nitrogen and oxygen atoms in total. The molecule has 1 amide bonds. The molecular weight excluding hydrogens is 378 g/mol. The number of aromatic amines is 1. The lowest BCUT2D eigenvalue weighted by Crippen LogP contribution is -2.36. The Balaban J connectivity index is 1.58. The maximum atomic E-state index is 12.8. The SMILES string of the molecule is Cc1ccc(-c2n[nH]n3c2nc(=O)c2ccc(C(=O)NC4CCCCC4)cc23)cc1. The summed E-state index contributed by atoms with van der Waals surface area (Å²) in [5.74, 6) is -0.111. The summed E-state index contributed by atoms with van der Waals surface area (Å²) in [6, 6.07) is 13.2. The number of nitrogens with zero attached hydrogens (tertiary/aromatic N) is 3. The molecule has 4 aromatic rings. The van der Waals surface area contributed by atoms with E-state index in [4.69, 9.17) is 0 Å². The van der Waals surface area contributed by atoms with Gasteiger partial charge in [0.15, 0.2) is 5.65 Å². The second-order valence-electron chi connectivity index (χ2n) is 8.04. The van der Waals surface area contributed by atoms with E-state index in [1.54, 1.807) is 22.7 Å². The van der Waals surface area contributed by atoms with E-state index >= 15 is 0 Å². The van der Waals surface area contributed by atoms with Crippen LogP contribution in [0.25, 0.3) is 27.8 Å². The summed E-state index contributed by atoms with van der Waals surface area (Å²) in [5.41, 5.74) is 3.84. The van der Waals surface area contributed by atoms with Gasteiger partial charge in [-0.2, -0.15) is 10.1 Å². The lowest BCUT2D eigenvalue weighted by Gasteiger charge is -2.22. The molecule has 0 atom stereocenters. The van der Waals surface area contributed by atoms with Crippen molar-refractivity contribution in [1.82, 2.24) is 25.1 Å². The molecule has 2 N–H and O–H groups in total. The normalized spacial score (nSPS) is 15.0. The molecule has 0 unspecified atom stereocenters. The Hall–Kier alpha value is -3.48. The van der Waals surface area contributed by atoms with Gasteiger partial charge in [-0.1, -0.05) is 49.1 Å². The van der Waals surface area contributed by atoms with Crippen molar-refractivity contribution in [2.24, 2.45) is 0 Å². The summed E-state index contributed by atoms with van der Waals surface area (Å²) in [5, 5.41) is 10.9. The van der Waals surface area contributed by atoms with E-state index in [9.17, 15) is 9.59 Å². The van der Waals surface area contributed by atoms with Crippen LogP contribution in [0, 0.1) is 6.92 Å². The zero-order chi connectivity index (χ0) is 20.7. The van der Waals surface area contributed by atoms with Crippen LogP contribution in [-0.4, -0.2) is 31.8 Å². The van der Waals surface area contributed by atoms with E-state index in [1.807, 2.05) is 31.2 Å². The number of carbonyl (C=O) groups is 1. The van der Waals surface area contributed by atoms with Crippen LogP contribution in [0.3, 0.4) is 0 Å². The zero-order valence-corrected chi connectivity index (χ0v) is 16.8. The number of amides is 1. The molecule has 2 aromatic carbocycles. The van der Waals surface area contributed by atoms with E-state index in [1.165, 1.54) is 6.42 Å². The molecule has 1 aliphatic carbocycles. The van der Waals surface area contributed by atoms with Crippen molar-refractivity contribution in [3.63, 3.8) is 0 Å². The van der Waals surface area contributed by atoms with E-state index in [0.29, 0.717) is 27.8 Å². The van der Waals surface area contributed by atoms with Crippen LogP contribution in [0.2, 0.25) is 0 Å². The Morgan fingerprint density at radius 1 is 1.10 bits per heavy atom. The van der Waals surface area contributed by atoms with Crippen molar-refractivity contribution in [3.05, 3.63) is 63.9 Å². The Morgan fingerprint density at radius 2 is 1.87 bits per heavy atom. The van der Waals surface area contributed by atoms with Crippen molar-refractivity contribution in [1.29, 1.82) is 0 Å². The van der Waals surface area contributed by atoms with Crippen molar-refractivity contribution >= 4 is 22.5 Å². The quantitative estimate of drug-likeness (QED) is 0.549. The first-order chi connectivity index (χ1) is 14.6. The third-order valence-electron chi connectivity index (χ3n) is 5.89. The number of H-pyrrole nitrogens is 1. The van der Waals surface area contributed by atoms with Crippen molar-refractivity contribution in [3.8, 4) is 11.3 Å². The topological polar surface area (TPSA) is 92.2 Å². The molecule has 0 spiro atoms. The van der Waals surface area contributed by atoms with Gasteiger partial charge >= 0.3 is 0 Å². The minimum atomic E-state index is -0.334. The van der Waals surface area contributed by atoms with Crippen molar-refractivity contribution in [2.75, 3.05) is 0 Å². The molecule has 1 fully saturated rings. The summed E-state index contributed by atoms with van der Waals surface area (Å²) >= 11 is 0. The predicted octanol–water partition coefficient (Wildman–Crippen LogP) is 3.61. The molecule has 2 heterocycles. The van der Waals surface area contributed by atoms with E-state index in [0.717, 1.165) is 36.8 Å². The second-order valence-corrected chi connectivity index (χ2v) is 8.04. The van der Waals surface area contributed by atoms with Gasteiger partial charge in [-0.3, -0.25) is 9.59 Å². The summed E-state index contributed by atoms with van der Waals surface area (Å²) in [6.07, 6.45) is 5.58. The molecule has 5 rings (SSSR count). The highest BCUT2D eigenvalue weighted by Gasteiger charge is 2.19. The van der Waals surface area contributed by atoms with Gasteiger partial charge in [-0.05, 0) is 38.0 Å². The zero-order valence-electron chi connectivity index (χ0n) is 16.8. The van der Waals surface area contributed by atoms with Crippen LogP contribution in [0.15, 0.2) is 47.3 Å². The molecular formula is C23H23N5O2. The van der Waals surface area contributed by atoms with Crippen molar-refractivity contribution < 1.29 is 4.79 Å². The Bertz CT molecular complexity index is 1300. The number of hydrogen-bond donors (Lipinski definition) is 2. The van der Waals surface area contributed by atoms with Gasteiger partial charge in [-0.15, -0.1) is 0 Å². The first kappa shape index (κ1) is 18.5. The highest BCUT2D eigenvalue weighted by molar-refractivity contribution is 5.98. The van der Waals surface area contributed by atoms with Gasteiger partial charge in [0, 0.05) is 17.2 Å². The molecule has 152 valence electrons. The highest BCUT2D eigenvalue weighted by atomic mass is 16.1. The average Bonchev–Trinajstić information content (AvgIpc) is 3.19. The van der Waals surface area contributed by atoms with E-state index < -0.39 is 0 Å². The molecule has 7 heteroatoms. The van der Waals surface area contributed by atoms with Crippen LogP contribution in [0.4, 0.5) is 0 Å². The lowest BCUT2D eigenvalue weighted by molar-refractivity contribution is 0.0928. The van der Waals surface area contributed by atoms with E-state index in [2.05, 4.69) is 20.6 Å². The molecule has 0 aliphatic heterocycles. The number of aromatic nitrogens is 4. The molecule has 30 heavy (non-hydrogen) atoms. The first-order valence-electron chi connectivity index (χ1n) is 10.4. The van der Waals surface area contributed by atoms with Gasteiger partial charge in [-0.25, -0.2) is 9.73 Å². The van der Waals surface area contributed by atoms with Crippen LogP contribution in [0.1, 0.15) is 48.0 Å². The number of rotatable bonds is 3. The fourth-order valence-electron chi connectivity index (χ4n) is 4.19. The number of nitrogens with one attached hydrogen (secondary N) is 2. The molecule has 0 bridgehead atoms. The smallest absolute Gasteiger partial charge is 0.281 e. The highest BCUT2D eigenvalue weighted by Crippen LogP contribution is 2.23. The monoisotopic (exact) mass is 401 g/mol. The van der Waals surface area contributed by atoms with Gasteiger partial charge in [0.25, 0.3) is 11.5 Å². The van der Waals surface area contributed by atoms with Crippen LogP contribution < -0.4 is 10.9 Å². The van der Waals surface area contributed by atoms with E-state index in [-0.39, 0.29) is 17.5 Å². The number of hydrogen-bond acceptors (Lipinski definition) is 4. The summed E-state index contributed by atoms with van der Waals surface area (Å²) in [6.45, 7) is 2.02. The second kappa shape index (κ2) is 7.40. The van der Waals surface area contributed by atoms with Crippen molar-refractivity contribution in [2.45, 2.75) is 45.1 Å². The van der Waals surface area contributed by atoms with Gasteiger partial charge in [0.1, 0.15) is 5.69 Å². The molecule has 0 saturated heterocycles. The fourth-order valence-corrected chi connectivity index (χ4v) is 4.19. The number of fused-ring (bicyclic) bond motifs is 3.